The van der Waals surface area contributed by atoms with Gasteiger partial charge in [-0.05, 0) is 12.1 Å². The zero-order valence-electron chi connectivity index (χ0n) is 10.6. The van der Waals surface area contributed by atoms with Crippen molar-refractivity contribution in [2.75, 3.05) is 11.9 Å². The maximum absolute atomic E-state index is 12.5. The van der Waals surface area contributed by atoms with Gasteiger partial charge in [-0.1, -0.05) is 6.07 Å². The van der Waals surface area contributed by atoms with E-state index in [4.69, 9.17) is 0 Å². The number of aliphatic hydroxyl groups excluding tert-OH is 1. The molecule has 0 spiro atoms. The smallest absolute Gasteiger partial charge is 0.383 e. The van der Waals surface area contributed by atoms with E-state index >= 15 is 0 Å². The Hall–Kier alpha value is -2.09. The van der Waals surface area contributed by atoms with E-state index in [9.17, 15) is 18.3 Å². The van der Waals surface area contributed by atoms with E-state index in [2.05, 4.69) is 15.3 Å². The zero-order valence-corrected chi connectivity index (χ0v) is 10.6. The van der Waals surface area contributed by atoms with Crippen LogP contribution in [-0.2, 0) is 13.2 Å². The van der Waals surface area contributed by atoms with E-state index < -0.39 is 18.0 Å². The number of imidazole rings is 1. The van der Waals surface area contributed by atoms with Crippen LogP contribution < -0.4 is 5.32 Å². The van der Waals surface area contributed by atoms with Crippen LogP contribution in [0.2, 0.25) is 0 Å². The number of aryl methyl sites for hydroxylation is 1. The molecule has 2 aromatic heterocycles. The summed E-state index contributed by atoms with van der Waals surface area (Å²) in [6.07, 6.45) is -2.23. The topological polar surface area (TPSA) is 63.0 Å². The standard InChI is InChI=1S/C12H13F3N4O/c1-19-6-5-16-11(19)8(20)7-17-10-4-2-3-9(18-10)12(13,14)15/h2-6,8,20H,7H2,1H3,(H,17,18). The van der Waals surface area contributed by atoms with E-state index in [1.165, 1.54) is 18.3 Å². The highest BCUT2D eigenvalue weighted by Crippen LogP contribution is 2.28. The second-order valence-corrected chi connectivity index (χ2v) is 4.20. The predicted octanol–water partition coefficient (Wildman–Crippen LogP) is 1.98. The molecule has 2 rings (SSSR count). The lowest BCUT2D eigenvalue weighted by molar-refractivity contribution is -0.141. The van der Waals surface area contributed by atoms with Gasteiger partial charge in [-0.15, -0.1) is 0 Å². The molecule has 108 valence electrons. The van der Waals surface area contributed by atoms with Gasteiger partial charge in [0.25, 0.3) is 0 Å². The molecule has 0 amide bonds. The summed E-state index contributed by atoms with van der Waals surface area (Å²) in [6, 6.07) is 3.55. The maximum Gasteiger partial charge on any atom is 0.433 e. The molecule has 0 aromatic carbocycles. The van der Waals surface area contributed by atoms with Crippen LogP contribution in [0, 0.1) is 0 Å². The lowest BCUT2D eigenvalue weighted by atomic mass is 10.3. The van der Waals surface area contributed by atoms with Crippen molar-refractivity contribution in [1.82, 2.24) is 14.5 Å². The summed E-state index contributed by atoms with van der Waals surface area (Å²) >= 11 is 0. The molecule has 20 heavy (non-hydrogen) atoms. The molecule has 0 bridgehead atoms. The van der Waals surface area contributed by atoms with Gasteiger partial charge in [0.05, 0.1) is 0 Å². The molecular weight excluding hydrogens is 273 g/mol. The van der Waals surface area contributed by atoms with Gasteiger partial charge in [-0.2, -0.15) is 13.2 Å². The van der Waals surface area contributed by atoms with Crippen LogP contribution in [-0.4, -0.2) is 26.2 Å². The molecule has 5 nitrogen and oxygen atoms in total. The summed E-state index contributed by atoms with van der Waals surface area (Å²) in [7, 11) is 1.72. The summed E-state index contributed by atoms with van der Waals surface area (Å²) in [4.78, 5) is 7.40. The molecule has 0 saturated heterocycles. The summed E-state index contributed by atoms with van der Waals surface area (Å²) < 4.78 is 39.1. The highest BCUT2D eigenvalue weighted by Gasteiger charge is 2.32. The normalized spacial score (nSPS) is 13.2. The van der Waals surface area contributed by atoms with Crippen LogP contribution in [0.4, 0.5) is 19.0 Å². The van der Waals surface area contributed by atoms with Crippen molar-refractivity contribution in [3.8, 4) is 0 Å². The van der Waals surface area contributed by atoms with Gasteiger partial charge >= 0.3 is 6.18 Å². The summed E-state index contributed by atoms with van der Waals surface area (Å²) in [5, 5.41) is 12.5. The van der Waals surface area contributed by atoms with Crippen LogP contribution in [0.5, 0.6) is 0 Å². The van der Waals surface area contributed by atoms with Crippen molar-refractivity contribution in [3.05, 3.63) is 42.1 Å². The maximum atomic E-state index is 12.5. The third-order valence-corrected chi connectivity index (χ3v) is 2.67. The molecule has 0 aliphatic heterocycles. The zero-order chi connectivity index (χ0) is 14.8. The van der Waals surface area contributed by atoms with Gasteiger partial charge in [-0.25, -0.2) is 9.97 Å². The molecular formula is C12H13F3N4O. The average molecular weight is 286 g/mol. The van der Waals surface area contributed by atoms with Gasteiger partial charge in [0, 0.05) is 26.0 Å². The fourth-order valence-corrected chi connectivity index (χ4v) is 1.68. The van der Waals surface area contributed by atoms with Gasteiger partial charge in [0.15, 0.2) is 0 Å². The molecule has 8 heteroatoms. The Morgan fingerprint density at radius 3 is 2.75 bits per heavy atom. The average Bonchev–Trinajstić information content (AvgIpc) is 2.82. The lowest BCUT2D eigenvalue weighted by Crippen LogP contribution is -2.17. The Morgan fingerprint density at radius 1 is 1.40 bits per heavy atom. The minimum Gasteiger partial charge on any atom is -0.383 e. The summed E-state index contributed by atoms with van der Waals surface area (Å²) in [5.74, 6) is 0.470. The molecule has 2 heterocycles. The van der Waals surface area contributed by atoms with Crippen LogP contribution in [0.15, 0.2) is 30.6 Å². The van der Waals surface area contributed by atoms with Crippen LogP contribution in [0.3, 0.4) is 0 Å². The largest absolute Gasteiger partial charge is 0.433 e. The van der Waals surface area contributed by atoms with Crippen LogP contribution in [0.1, 0.15) is 17.6 Å². The summed E-state index contributed by atoms with van der Waals surface area (Å²) in [5.41, 5.74) is -0.978. The fraction of sp³-hybridized carbons (Fsp3) is 0.333. The van der Waals surface area contributed by atoms with Crippen molar-refractivity contribution in [3.63, 3.8) is 0 Å². The third-order valence-electron chi connectivity index (χ3n) is 2.67. The second-order valence-electron chi connectivity index (χ2n) is 4.20. The summed E-state index contributed by atoms with van der Waals surface area (Å²) in [6.45, 7) is 0.0131. The van der Waals surface area contributed by atoms with Crippen molar-refractivity contribution in [1.29, 1.82) is 0 Å². The monoisotopic (exact) mass is 286 g/mol. The number of aliphatic hydroxyl groups is 1. The lowest BCUT2D eigenvalue weighted by Gasteiger charge is -2.13. The minimum absolute atomic E-state index is 0.0131. The number of nitrogens with one attached hydrogen (secondary N) is 1. The highest BCUT2D eigenvalue weighted by atomic mass is 19.4. The Morgan fingerprint density at radius 2 is 2.15 bits per heavy atom. The highest BCUT2D eigenvalue weighted by molar-refractivity contribution is 5.36. The molecule has 0 aliphatic carbocycles. The molecule has 0 saturated carbocycles. The number of rotatable bonds is 4. The van der Waals surface area contributed by atoms with Gasteiger partial charge in [0.1, 0.15) is 23.4 Å². The predicted molar refractivity (Wildman–Crippen MR) is 65.9 cm³/mol. The number of aromatic nitrogens is 3. The van der Waals surface area contributed by atoms with E-state index in [0.717, 1.165) is 6.07 Å². The van der Waals surface area contributed by atoms with Crippen molar-refractivity contribution >= 4 is 5.82 Å². The first-order chi connectivity index (χ1) is 9.38. The van der Waals surface area contributed by atoms with E-state index in [1.807, 2.05) is 0 Å². The molecule has 2 N–H and O–H groups in total. The van der Waals surface area contributed by atoms with Crippen molar-refractivity contribution in [2.24, 2.45) is 7.05 Å². The number of halogens is 3. The Kier molecular flexibility index (Phi) is 3.93. The first kappa shape index (κ1) is 14.3. The molecule has 1 atom stereocenters. The third kappa shape index (κ3) is 3.27. The number of nitrogens with zero attached hydrogens (tertiary/aromatic N) is 3. The fourth-order valence-electron chi connectivity index (χ4n) is 1.68. The number of pyridine rings is 1. The van der Waals surface area contributed by atoms with Gasteiger partial charge in [0.2, 0.25) is 0 Å². The van der Waals surface area contributed by atoms with Crippen LogP contribution in [0.25, 0.3) is 0 Å². The van der Waals surface area contributed by atoms with Crippen molar-refractivity contribution in [2.45, 2.75) is 12.3 Å². The van der Waals surface area contributed by atoms with Crippen LogP contribution >= 0.6 is 0 Å². The first-order valence-electron chi connectivity index (χ1n) is 5.81. The molecule has 0 radical (unpaired) electrons. The van der Waals surface area contributed by atoms with Gasteiger partial charge in [-0.3, -0.25) is 0 Å². The molecule has 2 aromatic rings. The Labute approximate surface area is 113 Å². The Bertz CT molecular complexity index is 582. The number of anilines is 1. The minimum atomic E-state index is -4.49. The number of alkyl halides is 3. The van der Waals surface area contributed by atoms with E-state index in [0.29, 0.717) is 5.82 Å². The van der Waals surface area contributed by atoms with E-state index in [-0.39, 0.29) is 12.4 Å². The number of hydrogen-bond donors (Lipinski definition) is 2. The Balaban J connectivity index is 2.03. The molecule has 1 unspecified atom stereocenters. The quantitative estimate of drug-likeness (QED) is 0.902. The second kappa shape index (κ2) is 5.49. The molecule has 0 aliphatic rings. The molecule has 0 fully saturated rings. The SMILES string of the molecule is Cn1ccnc1C(O)CNc1cccc(C(F)(F)F)n1. The first-order valence-corrected chi connectivity index (χ1v) is 5.81. The van der Waals surface area contributed by atoms with E-state index in [1.54, 1.807) is 17.8 Å². The number of hydrogen-bond acceptors (Lipinski definition) is 4. The van der Waals surface area contributed by atoms with Gasteiger partial charge < -0.3 is 15.0 Å². The van der Waals surface area contributed by atoms with Crippen molar-refractivity contribution < 1.29 is 18.3 Å².